The van der Waals surface area contributed by atoms with Gasteiger partial charge < -0.3 is 10.4 Å². The molecule has 5 nitrogen and oxygen atoms in total. The number of ketones is 1. The van der Waals surface area contributed by atoms with Crippen LogP contribution in [0.2, 0.25) is 0 Å². The lowest BCUT2D eigenvalue weighted by Crippen LogP contribution is -2.15. The van der Waals surface area contributed by atoms with Gasteiger partial charge in [0.25, 0.3) is 0 Å². The number of aromatic nitrogens is 1. The molecule has 1 aromatic heterocycles. The molecule has 20 heavy (non-hydrogen) atoms. The molecule has 0 bridgehead atoms. The molecule has 0 radical (unpaired) electrons. The number of carbonyl (C=O) groups is 2. The van der Waals surface area contributed by atoms with Gasteiger partial charge in [-0.15, -0.1) is 0 Å². The summed E-state index contributed by atoms with van der Waals surface area (Å²) in [5.74, 6) is -0.739. The van der Waals surface area contributed by atoms with Gasteiger partial charge in [0, 0.05) is 13.0 Å². The zero-order valence-electron chi connectivity index (χ0n) is 12.4. The van der Waals surface area contributed by atoms with Gasteiger partial charge in [0.05, 0.1) is 0 Å². The van der Waals surface area contributed by atoms with E-state index in [0.717, 1.165) is 24.2 Å². The van der Waals surface area contributed by atoms with Crippen LogP contribution in [0.3, 0.4) is 0 Å². The molecule has 2 N–H and O–H groups in total. The molecule has 0 saturated carbocycles. The maximum atomic E-state index is 11.4. The first-order valence-corrected chi connectivity index (χ1v) is 7.64. The highest BCUT2D eigenvalue weighted by atomic mass is 32.1. The van der Waals surface area contributed by atoms with Crippen LogP contribution < -0.4 is 5.32 Å². The van der Waals surface area contributed by atoms with E-state index in [2.05, 4.69) is 24.1 Å². The molecule has 0 aliphatic rings. The summed E-state index contributed by atoms with van der Waals surface area (Å²) in [6, 6.07) is 0.210. The lowest BCUT2D eigenvalue weighted by Gasteiger charge is -2.13. The van der Waals surface area contributed by atoms with Crippen LogP contribution in [-0.2, 0) is 0 Å². The van der Waals surface area contributed by atoms with E-state index in [1.165, 1.54) is 13.3 Å². The van der Waals surface area contributed by atoms with Crippen molar-refractivity contribution in [3.63, 3.8) is 0 Å². The molecule has 0 saturated heterocycles. The van der Waals surface area contributed by atoms with Crippen LogP contribution in [0.1, 0.15) is 67.1 Å². The number of nitrogens with one attached hydrogen (secondary N) is 1. The molecule has 6 heteroatoms. The molecule has 0 spiro atoms. The molecule has 1 atom stereocenters. The Balaban J connectivity index is 2.66. The minimum atomic E-state index is -1.16. The van der Waals surface area contributed by atoms with E-state index in [0.29, 0.717) is 11.0 Å². The SMILES string of the molecule is CC(=O)c1sc(NC(C)CCCC(C)C)nc1C(=O)O. The van der Waals surface area contributed by atoms with Crippen molar-refractivity contribution in [2.45, 2.75) is 53.0 Å². The molecule has 112 valence electrons. The lowest BCUT2D eigenvalue weighted by atomic mass is 10.0. The fourth-order valence-corrected chi connectivity index (χ4v) is 2.84. The van der Waals surface area contributed by atoms with E-state index in [1.807, 2.05) is 6.92 Å². The van der Waals surface area contributed by atoms with Crippen molar-refractivity contribution < 1.29 is 14.7 Å². The van der Waals surface area contributed by atoms with Gasteiger partial charge in [-0.25, -0.2) is 9.78 Å². The van der Waals surface area contributed by atoms with Gasteiger partial charge in [0.2, 0.25) is 0 Å². The van der Waals surface area contributed by atoms with E-state index in [9.17, 15) is 9.59 Å². The number of hydrogen-bond acceptors (Lipinski definition) is 5. The number of hydrogen-bond donors (Lipinski definition) is 2. The van der Waals surface area contributed by atoms with Crippen LogP contribution in [0.4, 0.5) is 5.13 Å². The van der Waals surface area contributed by atoms with E-state index < -0.39 is 5.97 Å². The van der Waals surface area contributed by atoms with Crippen LogP contribution >= 0.6 is 11.3 Å². The number of thiazole rings is 1. The van der Waals surface area contributed by atoms with Gasteiger partial charge in [0.1, 0.15) is 4.88 Å². The third-order valence-electron chi connectivity index (χ3n) is 2.94. The zero-order valence-corrected chi connectivity index (χ0v) is 13.2. The van der Waals surface area contributed by atoms with Gasteiger partial charge in [-0.05, 0) is 19.3 Å². The number of carboxylic acid groups (broad SMARTS) is 1. The molecule has 1 aromatic rings. The fourth-order valence-electron chi connectivity index (χ4n) is 1.88. The summed E-state index contributed by atoms with van der Waals surface area (Å²) >= 11 is 1.11. The third kappa shape index (κ3) is 4.92. The van der Waals surface area contributed by atoms with Crippen LogP contribution in [0, 0.1) is 5.92 Å². The van der Waals surface area contributed by atoms with Gasteiger partial charge in [-0.1, -0.05) is 38.0 Å². The predicted molar refractivity (Wildman–Crippen MR) is 80.9 cm³/mol. The van der Waals surface area contributed by atoms with Crippen LogP contribution in [-0.4, -0.2) is 27.9 Å². The molecular weight excluding hydrogens is 276 g/mol. The summed E-state index contributed by atoms with van der Waals surface area (Å²) in [5.41, 5.74) is -0.153. The smallest absolute Gasteiger partial charge is 0.356 e. The van der Waals surface area contributed by atoms with Crippen molar-refractivity contribution in [3.05, 3.63) is 10.6 Å². The Morgan fingerprint density at radius 1 is 1.30 bits per heavy atom. The summed E-state index contributed by atoms with van der Waals surface area (Å²) < 4.78 is 0. The maximum absolute atomic E-state index is 11.4. The molecule has 0 fully saturated rings. The second-order valence-corrected chi connectivity index (χ2v) is 6.43. The molecule has 0 aliphatic carbocycles. The van der Waals surface area contributed by atoms with Crippen LogP contribution in [0.5, 0.6) is 0 Å². The Kier molecular flexibility index (Phi) is 6.13. The number of rotatable bonds is 8. The van der Waals surface area contributed by atoms with Crippen molar-refractivity contribution in [1.29, 1.82) is 0 Å². The standard InChI is InChI=1S/C14H22N2O3S/c1-8(2)6-5-7-9(3)15-14-16-11(13(18)19)12(20-14)10(4)17/h8-9H,5-7H2,1-4H3,(H,15,16)(H,18,19). The summed E-state index contributed by atoms with van der Waals surface area (Å²) in [5, 5.41) is 12.7. The highest BCUT2D eigenvalue weighted by Crippen LogP contribution is 2.25. The molecule has 0 aliphatic heterocycles. The Labute approximate surface area is 123 Å². The zero-order chi connectivity index (χ0) is 15.3. The maximum Gasteiger partial charge on any atom is 0.356 e. The second-order valence-electron chi connectivity index (χ2n) is 5.43. The Hall–Kier alpha value is -1.43. The number of Topliss-reactive ketones (excluding diaryl/α,β-unsaturated/α-hetero) is 1. The molecule has 0 aromatic carbocycles. The molecular formula is C14H22N2O3S. The van der Waals surface area contributed by atoms with Crippen molar-refractivity contribution >= 4 is 28.2 Å². The number of carboxylic acids is 1. The Bertz CT molecular complexity index is 451. The number of carbonyl (C=O) groups excluding carboxylic acids is 1. The van der Waals surface area contributed by atoms with E-state index >= 15 is 0 Å². The number of anilines is 1. The van der Waals surface area contributed by atoms with Crippen molar-refractivity contribution in [1.82, 2.24) is 4.98 Å². The molecule has 1 heterocycles. The predicted octanol–water partition coefficient (Wildman–Crippen LogP) is 3.67. The normalized spacial score (nSPS) is 12.4. The fraction of sp³-hybridized carbons (Fsp3) is 0.643. The highest BCUT2D eigenvalue weighted by Gasteiger charge is 2.21. The quantitative estimate of drug-likeness (QED) is 0.716. The third-order valence-corrected chi connectivity index (χ3v) is 4.03. The minimum Gasteiger partial charge on any atom is -0.476 e. The lowest BCUT2D eigenvalue weighted by molar-refractivity contribution is 0.0687. The van der Waals surface area contributed by atoms with Crippen molar-refractivity contribution in [3.8, 4) is 0 Å². The number of nitrogens with zero attached hydrogens (tertiary/aromatic N) is 1. The minimum absolute atomic E-state index is 0.153. The summed E-state index contributed by atoms with van der Waals surface area (Å²) in [6.45, 7) is 7.78. The van der Waals surface area contributed by atoms with E-state index in [4.69, 9.17) is 5.11 Å². The average molecular weight is 298 g/mol. The first-order chi connectivity index (χ1) is 9.31. The largest absolute Gasteiger partial charge is 0.476 e. The first-order valence-electron chi connectivity index (χ1n) is 6.82. The molecule has 0 amide bonds. The van der Waals surface area contributed by atoms with Crippen molar-refractivity contribution in [2.24, 2.45) is 5.92 Å². The number of aromatic carboxylic acids is 1. The van der Waals surface area contributed by atoms with E-state index in [-0.39, 0.29) is 22.4 Å². The summed E-state index contributed by atoms with van der Waals surface area (Å²) in [7, 11) is 0. The van der Waals surface area contributed by atoms with Gasteiger partial charge in [0.15, 0.2) is 16.6 Å². The van der Waals surface area contributed by atoms with Gasteiger partial charge in [-0.3, -0.25) is 4.79 Å². The summed E-state index contributed by atoms with van der Waals surface area (Å²) in [6.07, 6.45) is 3.28. The summed E-state index contributed by atoms with van der Waals surface area (Å²) in [4.78, 5) is 26.6. The van der Waals surface area contributed by atoms with E-state index in [1.54, 1.807) is 0 Å². The molecule has 1 rings (SSSR count). The Morgan fingerprint density at radius 3 is 2.40 bits per heavy atom. The second kappa shape index (κ2) is 7.38. The van der Waals surface area contributed by atoms with Crippen LogP contribution in [0.15, 0.2) is 0 Å². The average Bonchev–Trinajstić information content (AvgIpc) is 2.72. The van der Waals surface area contributed by atoms with Crippen LogP contribution in [0.25, 0.3) is 0 Å². The molecule has 1 unspecified atom stereocenters. The van der Waals surface area contributed by atoms with Gasteiger partial charge >= 0.3 is 5.97 Å². The van der Waals surface area contributed by atoms with Gasteiger partial charge in [-0.2, -0.15) is 0 Å². The first kappa shape index (κ1) is 16.6. The highest BCUT2D eigenvalue weighted by molar-refractivity contribution is 7.17. The topological polar surface area (TPSA) is 79.3 Å². The Morgan fingerprint density at radius 2 is 1.95 bits per heavy atom. The monoisotopic (exact) mass is 298 g/mol. The van der Waals surface area contributed by atoms with Crippen molar-refractivity contribution in [2.75, 3.05) is 5.32 Å².